The van der Waals surface area contributed by atoms with Crippen molar-refractivity contribution in [3.05, 3.63) is 59.9 Å². The molecule has 2 aromatic rings. The average molecular weight is 306 g/mol. The Kier molecular flexibility index (Phi) is 6.22. The topological polar surface area (TPSA) is 24.1 Å². The Morgan fingerprint density at radius 1 is 1.05 bits per heavy atom. The summed E-state index contributed by atoms with van der Waals surface area (Å²) in [6, 6.07) is 13.9. The van der Waals surface area contributed by atoms with Crippen molar-refractivity contribution in [1.29, 1.82) is 0 Å². The second-order valence-corrected chi connectivity index (χ2v) is 6.01. The van der Waals surface area contributed by atoms with Crippen molar-refractivity contribution in [3.8, 4) is 5.75 Å². The summed E-state index contributed by atoms with van der Waals surface area (Å²) in [5.41, 5.74) is 2.73. The SMILES string of the molecule is CCCC(C)(C)c1cccc[n+]1Cc1ccc(O)cc1.[Cl-]. The first-order valence-electron chi connectivity index (χ1n) is 7.30. The Balaban J connectivity index is 0.00000220. The molecule has 0 atom stereocenters. The van der Waals surface area contributed by atoms with E-state index in [0.717, 1.165) is 6.54 Å². The number of hydrogen-bond acceptors (Lipinski definition) is 1. The zero-order valence-corrected chi connectivity index (χ0v) is 13.8. The normalized spacial score (nSPS) is 11.0. The number of benzene rings is 1. The van der Waals surface area contributed by atoms with Gasteiger partial charge in [-0.3, -0.25) is 0 Å². The maximum Gasteiger partial charge on any atom is 0.187 e. The zero-order valence-electron chi connectivity index (χ0n) is 13.0. The van der Waals surface area contributed by atoms with E-state index in [4.69, 9.17) is 0 Å². The molecular weight excluding hydrogens is 282 g/mol. The molecule has 1 aromatic heterocycles. The lowest BCUT2D eigenvalue weighted by Crippen LogP contribution is -3.00. The maximum atomic E-state index is 9.37. The highest BCUT2D eigenvalue weighted by Crippen LogP contribution is 2.25. The standard InChI is InChI=1S/C18H23NO.ClH/c1-4-12-18(2,3)17-7-5-6-13-19(17)14-15-8-10-16(20)11-9-15;/h5-11,13H,4,12,14H2,1-3H3;1H. The number of pyridine rings is 1. The number of phenols is 1. The summed E-state index contributed by atoms with van der Waals surface area (Å²) < 4.78 is 2.31. The van der Waals surface area contributed by atoms with Gasteiger partial charge in [-0.25, -0.2) is 0 Å². The highest BCUT2D eigenvalue weighted by atomic mass is 35.5. The minimum Gasteiger partial charge on any atom is -1.00 e. The molecule has 1 N–H and O–H groups in total. The van der Waals surface area contributed by atoms with E-state index in [1.54, 1.807) is 12.1 Å². The Bertz CT molecular complexity index is 564. The molecule has 0 fully saturated rings. The molecule has 0 aliphatic carbocycles. The van der Waals surface area contributed by atoms with Crippen molar-refractivity contribution in [2.45, 2.75) is 45.6 Å². The van der Waals surface area contributed by atoms with E-state index in [1.807, 2.05) is 12.1 Å². The summed E-state index contributed by atoms with van der Waals surface area (Å²) >= 11 is 0. The van der Waals surface area contributed by atoms with E-state index in [2.05, 4.69) is 49.7 Å². The van der Waals surface area contributed by atoms with E-state index >= 15 is 0 Å². The van der Waals surface area contributed by atoms with Crippen molar-refractivity contribution in [1.82, 2.24) is 0 Å². The van der Waals surface area contributed by atoms with Crippen molar-refractivity contribution in [2.75, 3.05) is 0 Å². The molecule has 0 radical (unpaired) electrons. The first-order valence-corrected chi connectivity index (χ1v) is 7.30. The van der Waals surface area contributed by atoms with Gasteiger partial charge in [-0.1, -0.05) is 19.4 Å². The van der Waals surface area contributed by atoms with Crippen molar-refractivity contribution in [3.63, 3.8) is 0 Å². The average Bonchev–Trinajstić information content (AvgIpc) is 2.42. The van der Waals surface area contributed by atoms with Gasteiger partial charge in [0.2, 0.25) is 0 Å². The summed E-state index contributed by atoms with van der Waals surface area (Å²) in [6.45, 7) is 7.68. The second kappa shape index (κ2) is 7.46. The number of aromatic nitrogens is 1. The number of rotatable bonds is 5. The fraction of sp³-hybridized carbons (Fsp3) is 0.389. The van der Waals surface area contributed by atoms with Crippen LogP contribution in [0.3, 0.4) is 0 Å². The van der Waals surface area contributed by atoms with Crippen LogP contribution in [0.5, 0.6) is 5.75 Å². The largest absolute Gasteiger partial charge is 1.00 e. The summed E-state index contributed by atoms with van der Waals surface area (Å²) in [7, 11) is 0. The molecule has 0 saturated carbocycles. The summed E-state index contributed by atoms with van der Waals surface area (Å²) in [6.07, 6.45) is 4.49. The number of hydrogen-bond donors (Lipinski definition) is 1. The van der Waals surface area contributed by atoms with Crippen molar-refractivity contribution in [2.24, 2.45) is 0 Å². The Labute approximate surface area is 133 Å². The van der Waals surface area contributed by atoms with Gasteiger partial charge in [0.15, 0.2) is 18.4 Å². The van der Waals surface area contributed by atoms with Gasteiger partial charge >= 0.3 is 0 Å². The minimum absolute atomic E-state index is 0. The first-order chi connectivity index (χ1) is 9.53. The quantitative estimate of drug-likeness (QED) is 0.812. The van der Waals surface area contributed by atoms with Crippen LogP contribution in [0.25, 0.3) is 0 Å². The van der Waals surface area contributed by atoms with Gasteiger partial charge in [0.05, 0.1) is 0 Å². The maximum absolute atomic E-state index is 9.37. The lowest BCUT2D eigenvalue weighted by atomic mass is 9.83. The molecule has 3 heteroatoms. The molecule has 0 spiro atoms. The molecule has 21 heavy (non-hydrogen) atoms. The molecule has 0 unspecified atom stereocenters. The summed E-state index contributed by atoms with van der Waals surface area (Å²) in [5.74, 6) is 0.318. The van der Waals surface area contributed by atoms with Crippen LogP contribution in [0.15, 0.2) is 48.7 Å². The number of phenolic OH excluding ortho intramolecular Hbond substituents is 1. The molecule has 0 aliphatic heterocycles. The molecule has 0 aliphatic rings. The van der Waals surface area contributed by atoms with Crippen LogP contribution in [0.1, 0.15) is 44.9 Å². The number of nitrogens with zero attached hydrogens (tertiary/aromatic N) is 1. The monoisotopic (exact) mass is 305 g/mol. The van der Waals surface area contributed by atoms with E-state index in [1.165, 1.54) is 24.1 Å². The molecule has 0 bridgehead atoms. The molecule has 2 nitrogen and oxygen atoms in total. The van der Waals surface area contributed by atoms with Gasteiger partial charge in [0.1, 0.15) is 5.75 Å². The summed E-state index contributed by atoms with van der Waals surface area (Å²) in [4.78, 5) is 0. The first kappa shape index (κ1) is 17.5. The van der Waals surface area contributed by atoms with Crippen LogP contribution in [0, 0.1) is 0 Å². The van der Waals surface area contributed by atoms with Gasteiger partial charge < -0.3 is 17.5 Å². The third-order valence-electron chi connectivity index (χ3n) is 3.80. The number of aromatic hydroxyl groups is 1. The number of halogens is 1. The van der Waals surface area contributed by atoms with E-state index in [9.17, 15) is 5.11 Å². The molecule has 0 amide bonds. The lowest BCUT2D eigenvalue weighted by Gasteiger charge is -2.21. The van der Waals surface area contributed by atoms with E-state index in [0.29, 0.717) is 5.75 Å². The van der Waals surface area contributed by atoms with Crippen LogP contribution in [-0.4, -0.2) is 5.11 Å². The molecule has 2 rings (SSSR count). The molecular formula is C18H24ClNO. The minimum atomic E-state index is 0. The van der Waals surface area contributed by atoms with Gasteiger partial charge in [-0.15, -0.1) is 0 Å². The molecule has 114 valence electrons. The van der Waals surface area contributed by atoms with Crippen LogP contribution >= 0.6 is 0 Å². The van der Waals surface area contributed by atoms with Gasteiger partial charge in [0.25, 0.3) is 0 Å². The van der Waals surface area contributed by atoms with E-state index in [-0.39, 0.29) is 17.8 Å². The zero-order chi connectivity index (χ0) is 14.6. The fourth-order valence-electron chi connectivity index (χ4n) is 2.78. The third kappa shape index (κ3) is 4.47. The molecule has 1 heterocycles. The van der Waals surface area contributed by atoms with Gasteiger partial charge in [-0.05, 0) is 44.5 Å². The van der Waals surface area contributed by atoms with Crippen LogP contribution in [0.2, 0.25) is 0 Å². The Morgan fingerprint density at radius 2 is 1.71 bits per heavy atom. The van der Waals surface area contributed by atoms with Crippen LogP contribution in [0.4, 0.5) is 0 Å². The molecule has 0 saturated heterocycles. The second-order valence-electron chi connectivity index (χ2n) is 6.01. The van der Waals surface area contributed by atoms with E-state index < -0.39 is 0 Å². The third-order valence-corrected chi connectivity index (χ3v) is 3.80. The van der Waals surface area contributed by atoms with Crippen molar-refractivity contribution < 1.29 is 22.1 Å². The highest BCUT2D eigenvalue weighted by Gasteiger charge is 2.28. The Morgan fingerprint density at radius 3 is 2.33 bits per heavy atom. The van der Waals surface area contributed by atoms with Gasteiger partial charge in [-0.2, -0.15) is 4.57 Å². The fourth-order valence-corrected chi connectivity index (χ4v) is 2.78. The van der Waals surface area contributed by atoms with Gasteiger partial charge in [0, 0.05) is 23.1 Å². The lowest BCUT2D eigenvalue weighted by molar-refractivity contribution is -0.699. The smallest absolute Gasteiger partial charge is 0.187 e. The molecule has 1 aromatic carbocycles. The highest BCUT2D eigenvalue weighted by molar-refractivity contribution is 5.25. The van der Waals surface area contributed by atoms with Crippen molar-refractivity contribution >= 4 is 0 Å². The summed E-state index contributed by atoms with van der Waals surface area (Å²) in [5, 5.41) is 9.37. The predicted octanol–water partition coefficient (Wildman–Crippen LogP) is 0.810. The van der Waals surface area contributed by atoms with Crippen LogP contribution < -0.4 is 17.0 Å². The predicted molar refractivity (Wildman–Crippen MR) is 81.8 cm³/mol. The van der Waals surface area contributed by atoms with Crippen LogP contribution in [-0.2, 0) is 12.0 Å². The Hall–Kier alpha value is -1.54.